The lowest BCUT2D eigenvalue weighted by Crippen LogP contribution is -2.03. The molecule has 0 unspecified atom stereocenters. The predicted octanol–water partition coefficient (Wildman–Crippen LogP) is 13.2. The van der Waals surface area contributed by atoms with Crippen LogP contribution in [-0.4, -0.2) is 13.7 Å². The van der Waals surface area contributed by atoms with Crippen LogP contribution in [0.25, 0.3) is 98.5 Å². The maximum Gasteiger partial charge on any atom is 0.189 e. The molecule has 0 spiro atoms. The molecule has 0 aliphatic rings. The number of para-hydroxylation sites is 5. The van der Waals surface area contributed by atoms with Gasteiger partial charge in [-0.15, -0.1) is 0 Å². The molecule has 3 aromatic heterocycles. The number of fused-ring (bicyclic) bond motifs is 9. The van der Waals surface area contributed by atoms with Crippen LogP contribution in [0.3, 0.4) is 0 Å². The van der Waals surface area contributed by atoms with E-state index in [1.807, 2.05) is 12.1 Å². The highest BCUT2D eigenvalue weighted by molar-refractivity contribution is 6.14. The van der Waals surface area contributed by atoms with Crippen LogP contribution in [-0.2, 0) is 0 Å². The molecule has 0 amide bonds. The van der Waals surface area contributed by atoms with Gasteiger partial charge in [-0.2, -0.15) is 0 Å². The Morgan fingerprint density at radius 3 is 1.26 bits per heavy atom. The van der Waals surface area contributed by atoms with E-state index in [-0.39, 0.29) is 0 Å². The quantitative estimate of drug-likeness (QED) is 0.166. The van der Waals surface area contributed by atoms with Crippen molar-refractivity contribution in [1.82, 2.24) is 13.7 Å². The maximum absolute atomic E-state index is 7.95. The Bertz CT molecular complexity index is 3240. The Balaban J connectivity index is 1.15. The first kappa shape index (κ1) is 29.4. The van der Waals surface area contributed by atoms with Crippen LogP contribution in [0.4, 0.5) is 5.69 Å². The molecule has 0 radical (unpaired) electrons. The molecule has 0 aliphatic carbocycles. The number of aromatic nitrogens is 3. The number of hydrogen-bond donors (Lipinski definition) is 0. The van der Waals surface area contributed by atoms with E-state index in [0.717, 1.165) is 39.1 Å². The largest absolute Gasteiger partial charge is 0.309 e. The minimum Gasteiger partial charge on any atom is -0.309 e. The van der Waals surface area contributed by atoms with Gasteiger partial charge in [0, 0.05) is 38.0 Å². The third kappa shape index (κ3) is 4.29. The number of nitrogens with zero attached hydrogens (tertiary/aromatic N) is 4. The second kappa shape index (κ2) is 11.3. The SMILES string of the molecule is [C-]#[N+]c1ccc(-n2c3ccccc3c3cc(-c4ccc5c(c4)c4ccccc4n5-c4ccccc4)ccc32)c(-n2c3ccccc3c3ccccc32)c1. The van der Waals surface area contributed by atoms with Gasteiger partial charge in [0.25, 0.3) is 0 Å². The zero-order valence-electron chi connectivity index (χ0n) is 28.6. The van der Waals surface area contributed by atoms with Gasteiger partial charge in [0.2, 0.25) is 0 Å². The molecule has 4 heteroatoms. The fourth-order valence-corrected chi connectivity index (χ4v) is 8.55. The van der Waals surface area contributed by atoms with Crippen LogP contribution >= 0.6 is 0 Å². The van der Waals surface area contributed by atoms with Crippen molar-refractivity contribution >= 4 is 71.1 Å². The second-order valence-electron chi connectivity index (χ2n) is 13.7. The highest BCUT2D eigenvalue weighted by atomic mass is 15.1. The fourth-order valence-electron chi connectivity index (χ4n) is 8.55. The standard InChI is InChI=1S/C49H30N4/c1-50-34-25-28-48(49(31-34)53-43-20-10-5-15-36(43)37-16-6-11-21-44(37)53)52-45-22-12-8-18-39(45)41-30-33(24-27-47(41)52)32-23-26-46-40(29-32)38-17-7-9-19-42(38)51(46)35-13-3-2-4-14-35/h2-31H. The van der Waals surface area contributed by atoms with E-state index in [2.05, 4.69) is 188 Å². The van der Waals surface area contributed by atoms with Gasteiger partial charge in [-0.1, -0.05) is 109 Å². The summed E-state index contributed by atoms with van der Waals surface area (Å²) in [4.78, 5) is 3.88. The van der Waals surface area contributed by atoms with E-state index in [0.29, 0.717) is 5.69 Å². The van der Waals surface area contributed by atoms with Gasteiger partial charge >= 0.3 is 0 Å². The zero-order valence-corrected chi connectivity index (χ0v) is 28.6. The lowest BCUT2D eigenvalue weighted by molar-refractivity contribution is 1.10. The van der Waals surface area contributed by atoms with Gasteiger partial charge in [0.15, 0.2) is 5.69 Å². The molecule has 0 N–H and O–H groups in total. The average molecular weight is 675 g/mol. The molecule has 11 rings (SSSR count). The molecule has 0 bridgehead atoms. The molecule has 8 aromatic carbocycles. The van der Waals surface area contributed by atoms with Crippen molar-refractivity contribution in [2.75, 3.05) is 0 Å². The van der Waals surface area contributed by atoms with Crippen molar-refractivity contribution in [3.05, 3.63) is 193 Å². The van der Waals surface area contributed by atoms with Crippen LogP contribution in [0.2, 0.25) is 0 Å². The van der Waals surface area contributed by atoms with Crippen LogP contribution in [0.5, 0.6) is 0 Å². The third-order valence-corrected chi connectivity index (χ3v) is 10.8. The molecule has 53 heavy (non-hydrogen) atoms. The average Bonchev–Trinajstić information content (AvgIpc) is 3.86. The molecule has 246 valence electrons. The first-order valence-electron chi connectivity index (χ1n) is 17.9. The molecule has 4 nitrogen and oxygen atoms in total. The normalized spacial score (nSPS) is 11.8. The van der Waals surface area contributed by atoms with Crippen molar-refractivity contribution in [3.8, 4) is 28.2 Å². The molecule has 0 atom stereocenters. The molecule has 11 aromatic rings. The Labute approximate surface area is 305 Å². The third-order valence-electron chi connectivity index (χ3n) is 10.8. The molecular formula is C49H30N4. The maximum atomic E-state index is 7.95. The van der Waals surface area contributed by atoms with E-state index >= 15 is 0 Å². The van der Waals surface area contributed by atoms with E-state index in [4.69, 9.17) is 6.57 Å². The van der Waals surface area contributed by atoms with Crippen LogP contribution in [0, 0.1) is 6.57 Å². The zero-order chi connectivity index (χ0) is 35.0. The highest BCUT2D eigenvalue weighted by Crippen LogP contribution is 2.41. The van der Waals surface area contributed by atoms with E-state index in [1.54, 1.807) is 0 Å². The summed E-state index contributed by atoms with van der Waals surface area (Å²) in [5, 5.41) is 7.24. The molecule has 0 fully saturated rings. The minimum absolute atomic E-state index is 0.609. The molecule has 0 aliphatic heterocycles. The van der Waals surface area contributed by atoms with E-state index < -0.39 is 0 Å². The lowest BCUT2D eigenvalue weighted by atomic mass is 10.0. The first-order valence-corrected chi connectivity index (χ1v) is 17.9. The fraction of sp³-hybridized carbons (Fsp3) is 0. The van der Waals surface area contributed by atoms with E-state index in [9.17, 15) is 0 Å². The van der Waals surface area contributed by atoms with Crippen molar-refractivity contribution < 1.29 is 0 Å². The van der Waals surface area contributed by atoms with Gasteiger partial charge in [0.1, 0.15) is 0 Å². The van der Waals surface area contributed by atoms with Crippen LogP contribution in [0.15, 0.2) is 182 Å². The molecular weight excluding hydrogens is 645 g/mol. The van der Waals surface area contributed by atoms with Crippen molar-refractivity contribution in [2.24, 2.45) is 0 Å². The number of hydrogen-bond acceptors (Lipinski definition) is 0. The Hall–Kier alpha value is -7.35. The van der Waals surface area contributed by atoms with Crippen molar-refractivity contribution in [2.45, 2.75) is 0 Å². The number of rotatable bonds is 4. The number of benzene rings is 8. The Morgan fingerprint density at radius 2 is 0.736 bits per heavy atom. The van der Waals surface area contributed by atoms with Crippen molar-refractivity contribution in [3.63, 3.8) is 0 Å². The summed E-state index contributed by atoms with van der Waals surface area (Å²) in [6.45, 7) is 7.95. The topological polar surface area (TPSA) is 19.1 Å². The Kier molecular flexibility index (Phi) is 6.28. The second-order valence-corrected chi connectivity index (χ2v) is 13.7. The van der Waals surface area contributed by atoms with E-state index in [1.165, 1.54) is 54.5 Å². The first-order chi connectivity index (χ1) is 26.3. The summed E-state index contributed by atoms with van der Waals surface area (Å²) in [5.41, 5.74) is 13.0. The van der Waals surface area contributed by atoms with Crippen LogP contribution < -0.4 is 0 Å². The Morgan fingerprint density at radius 1 is 0.321 bits per heavy atom. The lowest BCUT2D eigenvalue weighted by Gasteiger charge is -2.17. The smallest absolute Gasteiger partial charge is 0.189 e. The van der Waals surface area contributed by atoms with Crippen molar-refractivity contribution in [1.29, 1.82) is 0 Å². The molecule has 0 saturated carbocycles. The van der Waals surface area contributed by atoms with Crippen LogP contribution in [0.1, 0.15) is 0 Å². The van der Waals surface area contributed by atoms with Gasteiger partial charge in [-0.25, -0.2) is 4.85 Å². The molecule has 0 saturated heterocycles. The van der Waals surface area contributed by atoms with Gasteiger partial charge < -0.3 is 13.7 Å². The summed E-state index contributed by atoms with van der Waals surface area (Å²) in [7, 11) is 0. The minimum atomic E-state index is 0.609. The van der Waals surface area contributed by atoms with Gasteiger partial charge in [-0.3, -0.25) is 0 Å². The summed E-state index contributed by atoms with van der Waals surface area (Å²) in [6.07, 6.45) is 0. The predicted molar refractivity (Wildman–Crippen MR) is 221 cm³/mol. The monoisotopic (exact) mass is 674 g/mol. The van der Waals surface area contributed by atoms with Gasteiger partial charge in [-0.05, 0) is 83.9 Å². The summed E-state index contributed by atoms with van der Waals surface area (Å²) >= 11 is 0. The highest BCUT2D eigenvalue weighted by Gasteiger charge is 2.20. The summed E-state index contributed by atoms with van der Waals surface area (Å²) < 4.78 is 7.06. The summed E-state index contributed by atoms with van der Waals surface area (Å²) in [6, 6.07) is 64.9. The summed E-state index contributed by atoms with van der Waals surface area (Å²) in [5.74, 6) is 0. The van der Waals surface area contributed by atoms with Gasteiger partial charge in [0.05, 0.1) is 51.0 Å². The molecule has 3 heterocycles.